The second-order valence-electron chi connectivity index (χ2n) is 10.2. The summed E-state index contributed by atoms with van der Waals surface area (Å²) in [4.78, 5) is 0. The molecule has 0 aliphatic heterocycles. The summed E-state index contributed by atoms with van der Waals surface area (Å²) in [5.41, 5.74) is 2.55. The Morgan fingerprint density at radius 2 is 1.88 bits per heavy atom. The maximum absolute atomic E-state index is 10.1. The van der Waals surface area contributed by atoms with Crippen molar-refractivity contribution in [2.24, 2.45) is 40.4 Å². The van der Waals surface area contributed by atoms with Crippen LogP contribution in [-0.4, -0.2) is 11.2 Å². The number of aliphatic hydroxyl groups excluding tert-OH is 1. The average molecular weight is 343 g/mol. The van der Waals surface area contributed by atoms with E-state index in [0.29, 0.717) is 10.8 Å². The molecule has 3 saturated carbocycles. The lowest BCUT2D eigenvalue weighted by Gasteiger charge is -2.59. The van der Waals surface area contributed by atoms with Gasteiger partial charge in [0.25, 0.3) is 0 Å². The summed E-state index contributed by atoms with van der Waals surface area (Å²) < 4.78 is 0. The predicted octanol–water partition coefficient (Wildman–Crippen LogP) is 6.14. The van der Waals surface area contributed by atoms with Crippen LogP contribution in [0.2, 0.25) is 0 Å². The molecule has 0 amide bonds. The van der Waals surface area contributed by atoms with Crippen LogP contribution in [0.4, 0.5) is 0 Å². The highest BCUT2D eigenvalue weighted by molar-refractivity contribution is 5.25. The van der Waals surface area contributed by atoms with Gasteiger partial charge in [-0.15, -0.1) is 0 Å². The Labute approximate surface area is 155 Å². The number of allylic oxidation sites excluding steroid dienone is 3. The predicted molar refractivity (Wildman–Crippen MR) is 105 cm³/mol. The highest BCUT2D eigenvalue weighted by Gasteiger charge is 2.59. The van der Waals surface area contributed by atoms with Crippen molar-refractivity contribution in [3.8, 4) is 0 Å². The van der Waals surface area contributed by atoms with E-state index in [9.17, 15) is 5.11 Å². The van der Waals surface area contributed by atoms with Gasteiger partial charge in [0.05, 0.1) is 6.10 Å². The van der Waals surface area contributed by atoms with Gasteiger partial charge in [0, 0.05) is 0 Å². The van der Waals surface area contributed by atoms with Crippen LogP contribution in [0.15, 0.2) is 23.8 Å². The molecule has 1 N–H and O–H groups in total. The zero-order valence-electron chi connectivity index (χ0n) is 16.8. The largest absolute Gasteiger partial charge is 0.389 e. The highest BCUT2D eigenvalue weighted by atomic mass is 16.3. The Balaban J connectivity index is 1.61. The first kappa shape index (κ1) is 17.8. The molecular formula is C24H38O. The van der Waals surface area contributed by atoms with Crippen LogP contribution in [0.3, 0.4) is 0 Å². The van der Waals surface area contributed by atoms with E-state index < -0.39 is 0 Å². The first-order valence-electron chi connectivity index (χ1n) is 10.9. The van der Waals surface area contributed by atoms with Crippen LogP contribution in [0, 0.1) is 40.4 Å². The summed E-state index contributed by atoms with van der Waals surface area (Å²) in [5, 5.41) is 10.1. The molecule has 1 nitrogen and oxygen atoms in total. The molecule has 3 fully saturated rings. The molecular weight excluding hydrogens is 304 g/mol. The van der Waals surface area contributed by atoms with Crippen molar-refractivity contribution in [2.75, 3.05) is 0 Å². The summed E-state index contributed by atoms with van der Waals surface area (Å²) >= 11 is 0. The molecule has 8 atom stereocenters. The molecule has 0 aromatic heterocycles. The van der Waals surface area contributed by atoms with Gasteiger partial charge in [0.15, 0.2) is 0 Å². The van der Waals surface area contributed by atoms with E-state index in [4.69, 9.17) is 0 Å². The third kappa shape index (κ3) is 2.59. The van der Waals surface area contributed by atoms with Gasteiger partial charge in [-0.1, -0.05) is 44.6 Å². The van der Waals surface area contributed by atoms with Gasteiger partial charge in [-0.2, -0.15) is 0 Å². The normalized spacial score (nSPS) is 50.8. The Morgan fingerprint density at radius 3 is 2.64 bits per heavy atom. The van der Waals surface area contributed by atoms with Crippen LogP contribution in [0.1, 0.15) is 79.1 Å². The van der Waals surface area contributed by atoms with E-state index in [0.717, 1.165) is 36.0 Å². The van der Waals surface area contributed by atoms with E-state index in [1.807, 2.05) is 0 Å². The van der Waals surface area contributed by atoms with Crippen LogP contribution < -0.4 is 0 Å². The van der Waals surface area contributed by atoms with Crippen molar-refractivity contribution < 1.29 is 5.11 Å². The Kier molecular flexibility index (Phi) is 4.46. The standard InChI is InChI=1S/C24H38O/c1-5-6-16(2)20-9-10-21-19-8-7-17-15-18(25)11-13-23(17,3)22(19)12-14-24(20,21)4/h5-6,15-16,18-22,25H,7-14H2,1-4H3/b6-5+. The average Bonchev–Trinajstić information content (AvgIpc) is 2.93. The van der Waals surface area contributed by atoms with E-state index in [2.05, 4.69) is 45.9 Å². The molecule has 1 heteroatoms. The van der Waals surface area contributed by atoms with Crippen molar-refractivity contribution in [1.82, 2.24) is 0 Å². The van der Waals surface area contributed by atoms with Gasteiger partial charge in [-0.05, 0) is 98.7 Å². The van der Waals surface area contributed by atoms with Gasteiger partial charge in [0.2, 0.25) is 0 Å². The van der Waals surface area contributed by atoms with Crippen molar-refractivity contribution in [2.45, 2.75) is 85.2 Å². The molecule has 0 heterocycles. The summed E-state index contributed by atoms with van der Waals surface area (Å²) in [5.74, 6) is 4.35. The van der Waals surface area contributed by atoms with Gasteiger partial charge >= 0.3 is 0 Å². The second kappa shape index (κ2) is 6.25. The van der Waals surface area contributed by atoms with Gasteiger partial charge in [0.1, 0.15) is 0 Å². The lowest BCUT2D eigenvalue weighted by atomic mass is 9.46. The molecule has 4 rings (SSSR count). The van der Waals surface area contributed by atoms with Gasteiger partial charge < -0.3 is 5.11 Å². The number of rotatable bonds is 2. The molecule has 4 aliphatic rings. The fraction of sp³-hybridized carbons (Fsp3) is 0.833. The molecule has 0 radical (unpaired) electrons. The maximum atomic E-state index is 10.1. The first-order valence-corrected chi connectivity index (χ1v) is 10.9. The SMILES string of the molecule is C/C=C/C(C)C1CCC2C3CCC4=CC(O)CCC4(C)C3CCC12C. The lowest BCUT2D eigenvalue weighted by molar-refractivity contribution is -0.0595. The molecule has 8 unspecified atom stereocenters. The summed E-state index contributed by atoms with van der Waals surface area (Å²) in [6.07, 6.45) is 17.3. The van der Waals surface area contributed by atoms with Crippen LogP contribution >= 0.6 is 0 Å². The summed E-state index contributed by atoms with van der Waals surface area (Å²) in [7, 11) is 0. The van der Waals surface area contributed by atoms with Crippen molar-refractivity contribution in [1.29, 1.82) is 0 Å². The third-order valence-electron chi connectivity index (χ3n) is 9.29. The van der Waals surface area contributed by atoms with Crippen LogP contribution in [0.5, 0.6) is 0 Å². The van der Waals surface area contributed by atoms with Crippen molar-refractivity contribution in [3.63, 3.8) is 0 Å². The fourth-order valence-electron chi connectivity index (χ4n) is 8.05. The Bertz CT molecular complexity index is 575. The smallest absolute Gasteiger partial charge is 0.0724 e. The van der Waals surface area contributed by atoms with E-state index in [-0.39, 0.29) is 6.10 Å². The summed E-state index contributed by atoms with van der Waals surface area (Å²) in [6, 6.07) is 0. The number of hydrogen-bond acceptors (Lipinski definition) is 1. The molecule has 140 valence electrons. The monoisotopic (exact) mass is 342 g/mol. The Morgan fingerprint density at radius 1 is 1.08 bits per heavy atom. The second-order valence-corrected chi connectivity index (χ2v) is 10.2. The number of aliphatic hydroxyl groups is 1. The highest BCUT2D eigenvalue weighted by Crippen LogP contribution is 2.67. The van der Waals surface area contributed by atoms with Crippen molar-refractivity contribution >= 4 is 0 Å². The molecule has 0 aromatic rings. The number of hydrogen-bond donors (Lipinski definition) is 1. The van der Waals surface area contributed by atoms with E-state index in [1.54, 1.807) is 5.57 Å². The minimum atomic E-state index is -0.175. The van der Waals surface area contributed by atoms with E-state index in [1.165, 1.54) is 44.9 Å². The van der Waals surface area contributed by atoms with Gasteiger partial charge in [-0.25, -0.2) is 0 Å². The zero-order chi connectivity index (χ0) is 17.8. The molecule has 0 saturated heterocycles. The third-order valence-corrected chi connectivity index (χ3v) is 9.29. The quantitative estimate of drug-likeness (QED) is 0.598. The molecule has 0 bridgehead atoms. The van der Waals surface area contributed by atoms with Crippen LogP contribution in [0.25, 0.3) is 0 Å². The van der Waals surface area contributed by atoms with Crippen LogP contribution in [-0.2, 0) is 0 Å². The van der Waals surface area contributed by atoms with Gasteiger partial charge in [-0.3, -0.25) is 0 Å². The fourth-order valence-corrected chi connectivity index (χ4v) is 8.05. The zero-order valence-corrected chi connectivity index (χ0v) is 16.8. The topological polar surface area (TPSA) is 20.2 Å². The molecule has 0 spiro atoms. The maximum Gasteiger partial charge on any atom is 0.0724 e. The van der Waals surface area contributed by atoms with Crippen molar-refractivity contribution in [3.05, 3.63) is 23.8 Å². The summed E-state index contributed by atoms with van der Waals surface area (Å²) in [6.45, 7) is 9.81. The molecule has 0 aromatic carbocycles. The minimum absolute atomic E-state index is 0.175. The molecule has 25 heavy (non-hydrogen) atoms. The number of fused-ring (bicyclic) bond motifs is 5. The lowest BCUT2D eigenvalue weighted by Crippen LogP contribution is -2.51. The first-order chi connectivity index (χ1) is 11.9. The Hall–Kier alpha value is -0.560. The minimum Gasteiger partial charge on any atom is -0.389 e. The van der Waals surface area contributed by atoms with E-state index >= 15 is 0 Å². The molecule has 4 aliphatic carbocycles.